The zero-order valence-corrected chi connectivity index (χ0v) is 14.5. The van der Waals surface area contributed by atoms with Gasteiger partial charge in [-0.15, -0.1) is 0 Å². The van der Waals surface area contributed by atoms with Gasteiger partial charge in [0.05, 0.1) is 30.3 Å². The molecule has 0 amide bonds. The summed E-state index contributed by atoms with van der Waals surface area (Å²) in [5.41, 5.74) is 0.217. The summed E-state index contributed by atoms with van der Waals surface area (Å²) in [5, 5.41) is 11.0. The molecule has 26 heavy (non-hydrogen) atoms. The van der Waals surface area contributed by atoms with Crippen molar-refractivity contribution < 1.29 is 28.7 Å². The van der Waals surface area contributed by atoms with Crippen molar-refractivity contribution >= 4 is 17.4 Å². The molecule has 0 aliphatic carbocycles. The maximum Gasteiger partial charge on any atom is 0.339 e. The Balaban J connectivity index is 2.17. The first-order valence-electron chi connectivity index (χ1n) is 7.55. The normalized spacial score (nSPS) is 10.1. The van der Waals surface area contributed by atoms with Crippen molar-refractivity contribution in [1.82, 2.24) is 0 Å². The third-order valence-corrected chi connectivity index (χ3v) is 3.76. The predicted molar refractivity (Wildman–Crippen MR) is 92.0 cm³/mol. The van der Waals surface area contributed by atoms with Crippen LogP contribution in [0.3, 0.4) is 0 Å². The van der Waals surface area contributed by atoms with Crippen LogP contribution in [-0.2, 0) is 4.74 Å². The fourth-order valence-electron chi connectivity index (χ4n) is 2.36. The van der Waals surface area contributed by atoms with Crippen molar-refractivity contribution in [3.63, 3.8) is 0 Å². The molecular formula is C18H17NO7. The van der Waals surface area contributed by atoms with Crippen LogP contribution in [0.5, 0.6) is 11.5 Å². The van der Waals surface area contributed by atoms with Crippen LogP contribution in [0.25, 0.3) is 0 Å². The summed E-state index contributed by atoms with van der Waals surface area (Å²) in [4.78, 5) is 34.9. The molecule has 2 aromatic rings. The molecule has 0 radical (unpaired) electrons. The largest absolute Gasteiger partial charge is 0.497 e. The van der Waals surface area contributed by atoms with E-state index in [0.717, 1.165) is 0 Å². The number of hydrogen-bond acceptors (Lipinski definition) is 7. The van der Waals surface area contributed by atoms with Gasteiger partial charge in [0.15, 0.2) is 6.61 Å². The zero-order chi connectivity index (χ0) is 19.3. The van der Waals surface area contributed by atoms with E-state index in [1.165, 1.54) is 45.4 Å². The fourth-order valence-corrected chi connectivity index (χ4v) is 2.36. The van der Waals surface area contributed by atoms with Gasteiger partial charge in [0.2, 0.25) is 5.78 Å². The Morgan fingerprint density at radius 2 is 1.81 bits per heavy atom. The van der Waals surface area contributed by atoms with Gasteiger partial charge in [0.1, 0.15) is 11.5 Å². The van der Waals surface area contributed by atoms with Crippen molar-refractivity contribution in [2.45, 2.75) is 6.92 Å². The number of hydrogen-bond donors (Lipinski definition) is 0. The third kappa shape index (κ3) is 3.97. The lowest BCUT2D eigenvalue weighted by Crippen LogP contribution is -2.16. The fraction of sp³-hybridized carbons (Fsp3) is 0.222. The average Bonchev–Trinajstić information content (AvgIpc) is 2.65. The molecule has 0 N–H and O–H groups in total. The Kier molecular flexibility index (Phi) is 5.90. The van der Waals surface area contributed by atoms with Gasteiger partial charge in [-0.25, -0.2) is 4.79 Å². The van der Waals surface area contributed by atoms with E-state index in [9.17, 15) is 19.7 Å². The number of rotatable bonds is 7. The quantitative estimate of drug-likeness (QED) is 0.324. The Labute approximate surface area is 149 Å². The molecule has 0 atom stereocenters. The minimum atomic E-state index is -0.818. The standard InChI is InChI=1S/C18H17NO7/c1-11-13(5-4-6-15(11)19(22)23)18(21)26-10-16(20)14-9-12(24-2)7-8-17(14)25-3/h4-9H,10H2,1-3H3. The van der Waals surface area contributed by atoms with Crippen LogP contribution in [0.2, 0.25) is 0 Å². The van der Waals surface area contributed by atoms with Crippen LogP contribution < -0.4 is 9.47 Å². The number of benzene rings is 2. The topological polar surface area (TPSA) is 105 Å². The summed E-state index contributed by atoms with van der Waals surface area (Å²) in [6, 6.07) is 8.76. The Bertz CT molecular complexity index is 861. The third-order valence-electron chi connectivity index (χ3n) is 3.76. The molecule has 0 aromatic heterocycles. The van der Waals surface area contributed by atoms with E-state index < -0.39 is 23.3 Å². The molecular weight excluding hydrogens is 342 g/mol. The maximum absolute atomic E-state index is 12.4. The summed E-state index contributed by atoms with van der Waals surface area (Å²) in [6.07, 6.45) is 0. The number of methoxy groups -OCH3 is 2. The lowest BCUT2D eigenvalue weighted by molar-refractivity contribution is -0.385. The molecule has 8 nitrogen and oxygen atoms in total. The maximum atomic E-state index is 12.4. The van der Waals surface area contributed by atoms with Gasteiger partial charge in [0, 0.05) is 11.6 Å². The summed E-state index contributed by atoms with van der Waals surface area (Å²) in [6.45, 7) is 0.909. The molecule has 136 valence electrons. The SMILES string of the molecule is COc1ccc(OC)c(C(=O)COC(=O)c2cccc([N+](=O)[O-])c2C)c1. The van der Waals surface area contributed by atoms with Crippen LogP contribution >= 0.6 is 0 Å². The first kappa shape index (κ1) is 18.9. The number of ketones is 1. The predicted octanol–water partition coefficient (Wildman–Crippen LogP) is 2.96. The highest BCUT2D eigenvalue weighted by Gasteiger charge is 2.21. The Hall–Kier alpha value is -3.42. The van der Waals surface area contributed by atoms with Gasteiger partial charge in [-0.1, -0.05) is 6.07 Å². The molecule has 2 rings (SSSR count). The van der Waals surface area contributed by atoms with E-state index in [0.29, 0.717) is 11.5 Å². The van der Waals surface area contributed by atoms with Crippen LogP contribution in [0, 0.1) is 17.0 Å². The van der Waals surface area contributed by atoms with Crippen molar-refractivity contribution in [2.75, 3.05) is 20.8 Å². The van der Waals surface area contributed by atoms with E-state index in [-0.39, 0.29) is 22.4 Å². The number of ether oxygens (including phenoxy) is 3. The lowest BCUT2D eigenvalue weighted by atomic mass is 10.1. The molecule has 0 saturated carbocycles. The minimum Gasteiger partial charge on any atom is -0.497 e. The van der Waals surface area contributed by atoms with Gasteiger partial charge in [-0.3, -0.25) is 14.9 Å². The summed E-state index contributed by atoms with van der Waals surface area (Å²) in [7, 11) is 2.87. The molecule has 0 saturated heterocycles. The van der Waals surface area contributed by atoms with Crippen molar-refractivity contribution in [1.29, 1.82) is 0 Å². The molecule has 0 fully saturated rings. The summed E-state index contributed by atoms with van der Waals surface area (Å²) >= 11 is 0. The number of carbonyl (C=O) groups excluding carboxylic acids is 2. The number of nitro benzene ring substituents is 1. The average molecular weight is 359 g/mol. The van der Waals surface area contributed by atoms with Gasteiger partial charge >= 0.3 is 5.97 Å². The van der Waals surface area contributed by atoms with Crippen LogP contribution in [-0.4, -0.2) is 37.5 Å². The lowest BCUT2D eigenvalue weighted by Gasteiger charge is -2.10. The van der Waals surface area contributed by atoms with E-state index >= 15 is 0 Å². The van der Waals surface area contributed by atoms with E-state index in [1.54, 1.807) is 12.1 Å². The van der Waals surface area contributed by atoms with Crippen molar-refractivity contribution in [3.8, 4) is 11.5 Å². The van der Waals surface area contributed by atoms with Crippen LogP contribution in [0.4, 0.5) is 5.69 Å². The van der Waals surface area contributed by atoms with Crippen molar-refractivity contribution in [3.05, 3.63) is 63.2 Å². The summed E-state index contributed by atoms with van der Waals surface area (Å²) < 4.78 is 15.2. The molecule has 0 bridgehead atoms. The second-order valence-corrected chi connectivity index (χ2v) is 5.27. The Morgan fingerprint density at radius 3 is 2.42 bits per heavy atom. The highest BCUT2D eigenvalue weighted by Crippen LogP contribution is 2.25. The first-order valence-corrected chi connectivity index (χ1v) is 7.55. The number of nitro groups is 1. The highest BCUT2D eigenvalue weighted by molar-refractivity contribution is 6.02. The second-order valence-electron chi connectivity index (χ2n) is 5.27. The molecule has 0 aliphatic rings. The van der Waals surface area contributed by atoms with E-state index in [2.05, 4.69) is 0 Å². The molecule has 0 heterocycles. The van der Waals surface area contributed by atoms with Crippen LogP contribution in [0.15, 0.2) is 36.4 Å². The number of Topliss-reactive ketones (excluding diaryl/α,β-unsaturated/α-hetero) is 1. The monoisotopic (exact) mass is 359 g/mol. The number of nitrogens with zero attached hydrogens (tertiary/aromatic N) is 1. The summed E-state index contributed by atoms with van der Waals surface area (Å²) in [5.74, 6) is -0.535. The Morgan fingerprint density at radius 1 is 1.08 bits per heavy atom. The minimum absolute atomic E-state index is 0.0320. The zero-order valence-electron chi connectivity index (χ0n) is 14.5. The van der Waals surface area contributed by atoms with Gasteiger partial charge in [-0.05, 0) is 31.2 Å². The van der Waals surface area contributed by atoms with Crippen LogP contribution in [0.1, 0.15) is 26.3 Å². The number of carbonyl (C=O) groups is 2. The molecule has 0 aliphatic heterocycles. The van der Waals surface area contributed by atoms with Gasteiger partial charge in [0.25, 0.3) is 5.69 Å². The van der Waals surface area contributed by atoms with E-state index in [1.807, 2.05) is 0 Å². The smallest absolute Gasteiger partial charge is 0.339 e. The number of esters is 1. The molecule has 0 spiro atoms. The molecule has 2 aromatic carbocycles. The van der Waals surface area contributed by atoms with Gasteiger partial charge in [-0.2, -0.15) is 0 Å². The second kappa shape index (κ2) is 8.11. The van der Waals surface area contributed by atoms with E-state index in [4.69, 9.17) is 14.2 Å². The van der Waals surface area contributed by atoms with Crippen molar-refractivity contribution in [2.24, 2.45) is 0 Å². The highest BCUT2D eigenvalue weighted by atomic mass is 16.6. The molecule has 8 heteroatoms. The molecule has 0 unspecified atom stereocenters. The first-order chi connectivity index (χ1) is 12.4. The van der Waals surface area contributed by atoms with Gasteiger partial charge < -0.3 is 14.2 Å².